The van der Waals surface area contributed by atoms with Crippen molar-refractivity contribution in [1.29, 1.82) is 0 Å². The van der Waals surface area contributed by atoms with Gasteiger partial charge in [0.15, 0.2) is 5.78 Å². The molecule has 0 radical (unpaired) electrons. The minimum Gasteiger partial charge on any atom is -0.489 e. The van der Waals surface area contributed by atoms with E-state index in [1.807, 2.05) is 54.6 Å². The molecule has 0 bridgehead atoms. The first-order valence-electron chi connectivity index (χ1n) is 7.84. The Labute approximate surface area is 131 Å². The highest BCUT2D eigenvalue weighted by Crippen LogP contribution is 2.19. The monoisotopic (exact) mass is 295 g/mol. The second-order valence-electron chi connectivity index (χ2n) is 5.75. The standard InChI is InChI=1S/C19H21NO2/c1-14(18-8-5-13-20-18)22-17-11-9-16(10-12-17)19(21)15-6-3-2-4-7-15/h2-4,6-7,9-12,14,18,20H,5,8,13H2,1H3. The van der Waals surface area contributed by atoms with E-state index < -0.39 is 0 Å². The summed E-state index contributed by atoms with van der Waals surface area (Å²) in [6, 6.07) is 17.2. The van der Waals surface area contributed by atoms with Gasteiger partial charge in [0, 0.05) is 17.2 Å². The molecule has 114 valence electrons. The molecule has 1 fully saturated rings. The number of carbonyl (C=O) groups is 1. The highest BCUT2D eigenvalue weighted by atomic mass is 16.5. The molecule has 22 heavy (non-hydrogen) atoms. The van der Waals surface area contributed by atoms with E-state index in [1.165, 1.54) is 6.42 Å². The molecule has 2 aromatic rings. The summed E-state index contributed by atoms with van der Waals surface area (Å²) in [6.45, 7) is 3.16. The Morgan fingerprint density at radius 2 is 1.77 bits per heavy atom. The summed E-state index contributed by atoms with van der Waals surface area (Å²) in [5.41, 5.74) is 1.39. The Balaban J connectivity index is 1.66. The van der Waals surface area contributed by atoms with Crippen LogP contribution >= 0.6 is 0 Å². The Bertz CT molecular complexity index is 616. The molecule has 3 rings (SSSR count). The van der Waals surface area contributed by atoms with Crippen LogP contribution in [0.25, 0.3) is 0 Å². The second-order valence-corrected chi connectivity index (χ2v) is 5.75. The molecule has 1 N–H and O–H groups in total. The first-order chi connectivity index (χ1) is 10.7. The summed E-state index contributed by atoms with van der Waals surface area (Å²) < 4.78 is 5.96. The van der Waals surface area contributed by atoms with Crippen LogP contribution in [0, 0.1) is 0 Å². The molecule has 1 saturated heterocycles. The lowest BCUT2D eigenvalue weighted by molar-refractivity contribution is 0.103. The van der Waals surface area contributed by atoms with E-state index in [0.29, 0.717) is 17.2 Å². The van der Waals surface area contributed by atoms with Crippen molar-refractivity contribution in [2.24, 2.45) is 0 Å². The topological polar surface area (TPSA) is 38.3 Å². The first-order valence-corrected chi connectivity index (χ1v) is 7.84. The summed E-state index contributed by atoms with van der Waals surface area (Å²) >= 11 is 0. The van der Waals surface area contributed by atoms with E-state index >= 15 is 0 Å². The van der Waals surface area contributed by atoms with Gasteiger partial charge in [0.25, 0.3) is 0 Å². The quantitative estimate of drug-likeness (QED) is 0.859. The average Bonchev–Trinajstić information content (AvgIpc) is 3.10. The highest BCUT2D eigenvalue weighted by molar-refractivity contribution is 6.08. The fourth-order valence-corrected chi connectivity index (χ4v) is 2.85. The molecule has 0 spiro atoms. The normalized spacial score (nSPS) is 18.9. The van der Waals surface area contributed by atoms with Crippen molar-refractivity contribution in [3.8, 4) is 5.75 Å². The number of benzene rings is 2. The van der Waals surface area contributed by atoms with Gasteiger partial charge >= 0.3 is 0 Å². The van der Waals surface area contributed by atoms with Crippen molar-refractivity contribution in [3.05, 3.63) is 65.7 Å². The van der Waals surface area contributed by atoms with Gasteiger partial charge in [-0.25, -0.2) is 0 Å². The summed E-state index contributed by atoms with van der Waals surface area (Å²) in [6.07, 6.45) is 2.51. The number of ether oxygens (including phenoxy) is 1. The van der Waals surface area contributed by atoms with E-state index in [1.54, 1.807) is 0 Å². The maximum absolute atomic E-state index is 12.3. The third kappa shape index (κ3) is 3.37. The van der Waals surface area contributed by atoms with Crippen LogP contribution in [0.5, 0.6) is 5.75 Å². The van der Waals surface area contributed by atoms with Crippen LogP contribution in [0.1, 0.15) is 35.7 Å². The summed E-state index contributed by atoms with van der Waals surface area (Å²) in [4.78, 5) is 12.3. The van der Waals surface area contributed by atoms with E-state index in [0.717, 1.165) is 18.7 Å². The molecule has 2 aromatic carbocycles. The SMILES string of the molecule is CC(Oc1ccc(C(=O)c2ccccc2)cc1)C1CCCN1. The van der Waals surface area contributed by atoms with Crippen molar-refractivity contribution < 1.29 is 9.53 Å². The fourth-order valence-electron chi connectivity index (χ4n) is 2.85. The molecule has 0 aromatic heterocycles. The van der Waals surface area contributed by atoms with Gasteiger partial charge < -0.3 is 10.1 Å². The van der Waals surface area contributed by atoms with E-state index in [2.05, 4.69) is 12.2 Å². The van der Waals surface area contributed by atoms with Gasteiger partial charge in [-0.05, 0) is 50.6 Å². The Morgan fingerprint density at radius 3 is 2.41 bits per heavy atom. The molecule has 0 amide bonds. The van der Waals surface area contributed by atoms with Gasteiger partial charge in [0.2, 0.25) is 0 Å². The molecule has 0 aliphatic carbocycles. The molecule has 1 aliphatic rings. The number of rotatable bonds is 5. The predicted octanol–water partition coefficient (Wildman–Crippen LogP) is 3.44. The van der Waals surface area contributed by atoms with Crippen molar-refractivity contribution >= 4 is 5.78 Å². The van der Waals surface area contributed by atoms with Gasteiger partial charge in [-0.2, -0.15) is 0 Å². The molecule has 2 unspecified atom stereocenters. The fraction of sp³-hybridized carbons (Fsp3) is 0.316. The maximum Gasteiger partial charge on any atom is 0.193 e. The molecular weight excluding hydrogens is 274 g/mol. The largest absolute Gasteiger partial charge is 0.489 e. The molecule has 3 nitrogen and oxygen atoms in total. The van der Waals surface area contributed by atoms with Crippen LogP contribution in [-0.4, -0.2) is 24.5 Å². The zero-order valence-corrected chi connectivity index (χ0v) is 12.8. The van der Waals surface area contributed by atoms with Crippen LogP contribution in [0.15, 0.2) is 54.6 Å². The van der Waals surface area contributed by atoms with Crippen molar-refractivity contribution in [1.82, 2.24) is 5.32 Å². The van der Waals surface area contributed by atoms with Crippen LogP contribution < -0.4 is 10.1 Å². The molecular formula is C19H21NO2. The lowest BCUT2D eigenvalue weighted by atomic mass is 10.0. The number of hydrogen-bond donors (Lipinski definition) is 1. The molecule has 1 heterocycles. The minimum atomic E-state index is 0.0395. The van der Waals surface area contributed by atoms with Gasteiger partial charge in [-0.3, -0.25) is 4.79 Å². The van der Waals surface area contributed by atoms with Crippen molar-refractivity contribution in [2.45, 2.75) is 31.9 Å². The number of hydrogen-bond acceptors (Lipinski definition) is 3. The molecule has 3 heteroatoms. The Hall–Kier alpha value is -2.13. The predicted molar refractivity (Wildman–Crippen MR) is 87.4 cm³/mol. The van der Waals surface area contributed by atoms with Crippen molar-refractivity contribution in [3.63, 3.8) is 0 Å². The van der Waals surface area contributed by atoms with E-state index in [9.17, 15) is 4.79 Å². The molecule has 1 aliphatic heterocycles. The van der Waals surface area contributed by atoms with Gasteiger partial charge in [-0.15, -0.1) is 0 Å². The average molecular weight is 295 g/mol. The Morgan fingerprint density at radius 1 is 1.09 bits per heavy atom. The zero-order valence-electron chi connectivity index (χ0n) is 12.8. The summed E-state index contributed by atoms with van der Waals surface area (Å²) in [7, 11) is 0. The third-order valence-electron chi connectivity index (χ3n) is 4.14. The number of nitrogens with one attached hydrogen (secondary N) is 1. The summed E-state index contributed by atoms with van der Waals surface area (Å²) in [5, 5.41) is 3.45. The molecule has 2 atom stereocenters. The van der Waals surface area contributed by atoms with Crippen LogP contribution in [-0.2, 0) is 0 Å². The van der Waals surface area contributed by atoms with Gasteiger partial charge in [0.1, 0.15) is 11.9 Å². The van der Waals surface area contributed by atoms with Crippen molar-refractivity contribution in [2.75, 3.05) is 6.54 Å². The minimum absolute atomic E-state index is 0.0395. The van der Waals surface area contributed by atoms with E-state index in [4.69, 9.17) is 4.74 Å². The highest BCUT2D eigenvalue weighted by Gasteiger charge is 2.22. The second kappa shape index (κ2) is 6.75. The lowest BCUT2D eigenvalue weighted by Crippen LogP contribution is -2.36. The maximum atomic E-state index is 12.3. The lowest BCUT2D eigenvalue weighted by Gasteiger charge is -2.21. The first kappa shape index (κ1) is 14.8. The van der Waals surface area contributed by atoms with Crippen LogP contribution in [0.2, 0.25) is 0 Å². The van der Waals surface area contributed by atoms with E-state index in [-0.39, 0.29) is 11.9 Å². The van der Waals surface area contributed by atoms with Gasteiger partial charge in [0.05, 0.1) is 0 Å². The summed E-state index contributed by atoms with van der Waals surface area (Å²) in [5.74, 6) is 0.850. The third-order valence-corrected chi connectivity index (χ3v) is 4.14. The van der Waals surface area contributed by atoms with Crippen LogP contribution in [0.3, 0.4) is 0 Å². The number of carbonyl (C=O) groups excluding carboxylic acids is 1. The number of ketones is 1. The Kier molecular flexibility index (Phi) is 4.54. The zero-order chi connectivity index (χ0) is 15.4. The smallest absolute Gasteiger partial charge is 0.193 e. The van der Waals surface area contributed by atoms with Gasteiger partial charge in [-0.1, -0.05) is 30.3 Å². The van der Waals surface area contributed by atoms with Crippen LogP contribution in [0.4, 0.5) is 0 Å². The molecule has 0 saturated carbocycles.